The number of carbonyl (C=O) groups is 1. The van der Waals surface area contributed by atoms with Crippen molar-refractivity contribution in [3.63, 3.8) is 0 Å². The van der Waals surface area contributed by atoms with Crippen LogP contribution >= 0.6 is 11.8 Å². The van der Waals surface area contributed by atoms with E-state index in [1.165, 1.54) is 12.4 Å². The topological polar surface area (TPSA) is 100 Å². The highest BCUT2D eigenvalue weighted by molar-refractivity contribution is 8.13. The Morgan fingerprint density at radius 1 is 1.10 bits per heavy atom. The number of nitrogens with two attached hydrogens (primary N) is 1. The molecular weight excluding hydrogens is 550 g/mol. The molecule has 3 aliphatic rings. The molecule has 14 heteroatoms. The molecule has 1 aromatic carbocycles. The molecule has 9 nitrogen and oxygen atoms in total. The third-order valence-electron chi connectivity index (χ3n) is 7.96. The van der Waals surface area contributed by atoms with Crippen LogP contribution in [-0.2, 0) is 15.1 Å². The number of rotatable bonds is 5. The van der Waals surface area contributed by atoms with Crippen molar-refractivity contribution < 1.29 is 27.1 Å². The number of piperazine rings is 1. The fourth-order valence-electron chi connectivity index (χ4n) is 5.54. The van der Waals surface area contributed by atoms with Gasteiger partial charge >= 0.3 is 6.18 Å². The Balaban J connectivity index is 1.67. The van der Waals surface area contributed by atoms with Crippen LogP contribution in [0.5, 0.6) is 0 Å². The predicted octanol–water partition coefficient (Wildman–Crippen LogP) is 3.03. The van der Waals surface area contributed by atoms with Gasteiger partial charge in [-0.3, -0.25) is 14.7 Å². The number of amides is 1. The summed E-state index contributed by atoms with van der Waals surface area (Å²) in [7, 11) is 1.94. The van der Waals surface area contributed by atoms with E-state index in [1.807, 2.05) is 25.8 Å². The second-order valence-corrected chi connectivity index (χ2v) is 11.4. The largest absolute Gasteiger partial charge is 0.419 e. The zero-order valence-corrected chi connectivity index (χ0v) is 23.2. The fraction of sp³-hybridized carbons (Fsp3) is 0.538. The van der Waals surface area contributed by atoms with Crippen LogP contribution in [0.1, 0.15) is 19.4 Å². The molecule has 3 aliphatic heterocycles. The average molecular weight is 582 g/mol. The average Bonchev–Trinajstić information content (AvgIpc) is 3.39. The minimum Gasteiger partial charge on any atom is -0.378 e. The third-order valence-corrected chi connectivity index (χ3v) is 9.04. The summed E-state index contributed by atoms with van der Waals surface area (Å²) in [5, 5.41) is -1.76. The number of morpholine rings is 1. The molecule has 0 radical (unpaired) electrons. The summed E-state index contributed by atoms with van der Waals surface area (Å²) in [4.78, 5) is 30.7. The highest BCUT2D eigenvalue weighted by atomic mass is 32.2. The lowest BCUT2D eigenvalue weighted by atomic mass is 9.82. The van der Waals surface area contributed by atoms with Crippen LogP contribution < -0.4 is 15.5 Å². The Bertz CT molecular complexity index is 1280. The molecule has 1 amide bonds. The number of benzene rings is 1. The number of hydrogen-bond donors (Lipinski definition) is 1. The first-order valence-electron chi connectivity index (χ1n) is 12.9. The van der Waals surface area contributed by atoms with Crippen molar-refractivity contribution in [3.05, 3.63) is 35.9 Å². The summed E-state index contributed by atoms with van der Waals surface area (Å²) >= 11 is 0.612. The fourth-order valence-corrected chi connectivity index (χ4v) is 6.54. The Kier molecular flexibility index (Phi) is 7.70. The lowest BCUT2D eigenvalue weighted by Crippen LogP contribution is -2.57. The van der Waals surface area contributed by atoms with Crippen LogP contribution in [0, 0.1) is 5.82 Å². The summed E-state index contributed by atoms with van der Waals surface area (Å²) in [5.41, 5.74) is 3.28. The van der Waals surface area contributed by atoms with E-state index in [0.717, 1.165) is 17.7 Å². The number of aliphatic imine (C=N–C) groups is 1. The molecule has 0 bridgehead atoms. The normalized spacial score (nSPS) is 27.8. The second-order valence-electron chi connectivity index (χ2n) is 10.4. The monoisotopic (exact) mass is 581 g/mol. The van der Waals surface area contributed by atoms with Crippen LogP contribution in [0.3, 0.4) is 0 Å². The predicted molar refractivity (Wildman–Crippen MR) is 146 cm³/mol. The number of alkyl halides is 3. The molecule has 40 heavy (non-hydrogen) atoms. The van der Waals surface area contributed by atoms with Crippen molar-refractivity contribution in [2.75, 3.05) is 56.2 Å². The third kappa shape index (κ3) is 4.90. The summed E-state index contributed by atoms with van der Waals surface area (Å²) < 4.78 is 66.4. The summed E-state index contributed by atoms with van der Waals surface area (Å²) in [6.07, 6.45) is -2.23. The number of primary amides is 1. The highest BCUT2D eigenvalue weighted by Crippen LogP contribution is 2.55. The van der Waals surface area contributed by atoms with E-state index >= 15 is 17.6 Å². The van der Waals surface area contributed by atoms with Gasteiger partial charge in [-0.2, -0.15) is 13.2 Å². The molecule has 2 fully saturated rings. The van der Waals surface area contributed by atoms with Crippen molar-refractivity contribution in [2.24, 2.45) is 10.7 Å². The van der Waals surface area contributed by atoms with E-state index in [1.54, 1.807) is 4.90 Å². The van der Waals surface area contributed by atoms with Gasteiger partial charge < -0.3 is 20.3 Å². The highest BCUT2D eigenvalue weighted by Gasteiger charge is 2.66. The Labute approximate surface area is 233 Å². The Morgan fingerprint density at radius 3 is 2.30 bits per heavy atom. The molecule has 2 unspecified atom stereocenters. The molecule has 0 saturated carbocycles. The first-order chi connectivity index (χ1) is 18.9. The maximum Gasteiger partial charge on any atom is 0.419 e. The van der Waals surface area contributed by atoms with E-state index in [-0.39, 0.29) is 34.5 Å². The van der Waals surface area contributed by atoms with Crippen LogP contribution in [0.2, 0.25) is 0 Å². The van der Waals surface area contributed by atoms with Gasteiger partial charge in [0.05, 0.1) is 18.8 Å². The van der Waals surface area contributed by atoms with Gasteiger partial charge in [-0.1, -0.05) is 11.8 Å². The molecule has 4 heterocycles. The van der Waals surface area contributed by atoms with Crippen molar-refractivity contribution in [1.29, 1.82) is 0 Å². The first kappa shape index (κ1) is 28.6. The maximum absolute atomic E-state index is 15.8. The molecule has 216 valence electrons. The van der Waals surface area contributed by atoms with Gasteiger partial charge in [0.1, 0.15) is 11.1 Å². The number of halogens is 4. The van der Waals surface area contributed by atoms with E-state index < -0.39 is 28.7 Å². The lowest BCUT2D eigenvalue weighted by Gasteiger charge is -2.45. The first-order valence-corrected chi connectivity index (χ1v) is 13.9. The number of aromatic nitrogens is 2. The molecule has 4 atom stereocenters. The lowest BCUT2D eigenvalue weighted by molar-refractivity contribution is -0.188. The van der Waals surface area contributed by atoms with E-state index in [2.05, 4.69) is 19.9 Å². The SMILES string of the molecule is C[C@@H]1CN(c2cc(F)c(-c3cnc(N4CCOCC4)nc3)cc2C2(C(F)(F)F)N=CSC2C(N)=O)C[C@H](C)N1C. The van der Waals surface area contributed by atoms with Crippen LogP contribution in [0.15, 0.2) is 29.5 Å². The minimum atomic E-state index is -5.00. The molecule has 2 N–H and O–H groups in total. The molecule has 5 rings (SSSR count). The number of anilines is 2. The van der Waals surface area contributed by atoms with Crippen molar-refractivity contribution in [3.8, 4) is 11.1 Å². The van der Waals surface area contributed by atoms with E-state index in [9.17, 15) is 4.79 Å². The smallest absolute Gasteiger partial charge is 0.378 e. The maximum atomic E-state index is 15.8. The van der Waals surface area contributed by atoms with Gasteiger partial charge in [0.2, 0.25) is 17.4 Å². The molecule has 0 aliphatic carbocycles. The summed E-state index contributed by atoms with van der Waals surface area (Å²) in [6, 6.07) is 2.21. The van der Waals surface area contributed by atoms with Gasteiger partial charge in [-0.05, 0) is 33.0 Å². The molecular formula is C26H31F4N7O2S. The van der Waals surface area contributed by atoms with Crippen molar-refractivity contribution >= 4 is 34.9 Å². The van der Waals surface area contributed by atoms with Gasteiger partial charge in [-0.25, -0.2) is 14.4 Å². The zero-order chi connectivity index (χ0) is 28.8. The van der Waals surface area contributed by atoms with Gasteiger partial charge in [0, 0.05) is 73.0 Å². The summed E-state index contributed by atoms with van der Waals surface area (Å²) in [6.45, 7) is 6.84. The standard InChI is InChI=1S/C26H31F4N7O2S/c1-15-12-37(13-16(2)35(15)3)21-9-20(27)18(17-10-32-24(33-11-17)36-4-6-39-7-5-36)8-19(21)25(26(28,29)30)22(23(31)38)40-14-34-25/h8-11,14-16,22H,4-7,12-13H2,1-3H3,(H2,31,38)/t15-,16+,22?,25?. The van der Waals surface area contributed by atoms with Gasteiger partial charge in [0.25, 0.3) is 0 Å². The number of thioether (sulfide) groups is 1. The number of nitrogens with zero attached hydrogens (tertiary/aromatic N) is 6. The number of ether oxygens (including phenoxy) is 1. The van der Waals surface area contributed by atoms with Crippen LogP contribution in [-0.4, -0.2) is 96.3 Å². The van der Waals surface area contributed by atoms with Crippen molar-refractivity contribution in [1.82, 2.24) is 14.9 Å². The minimum absolute atomic E-state index is 0.0179. The number of carbonyl (C=O) groups excluding carboxylic acids is 1. The van der Waals surface area contributed by atoms with Crippen molar-refractivity contribution in [2.45, 2.75) is 42.9 Å². The zero-order valence-electron chi connectivity index (χ0n) is 22.4. The van der Waals surface area contributed by atoms with E-state index in [0.29, 0.717) is 57.1 Å². The number of hydrogen-bond acceptors (Lipinski definition) is 9. The Hall–Kier alpha value is -2.97. The quantitative estimate of drug-likeness (QED) is 0.538. The van der Waals surface area contributed by atoms with Crippen LogP contribution in [0.25, 0.3) is 11.1 Å². The molecule has 2 aromatic rings. The molecule has 0 spiro atoms. The molecule has 2 saturated heterocycles. The Morgan fingerprint density at radius 2 is 1.73 bits per heavy atom. The van der Waals surface area contributed by atoms with Gasteiger partial charge in [-0.15, -0.1) is 0 Å². The summed E-state index contributed by atoms with van der Waals surface area (Å²) in [5.74, 6) is -1.47. The van der Waals surface area contributed by atoms with E-state index in [4.69, 9.17) is 10.5 Å². The second kappa shape index (κ2) is 10.8. The number of likely N-dealkylation sites (N-methyl/N-ethyl adjacent to an activating group) is 1. The van der Waals surface area contributed by atoms with Gasteiger partial charge in [0.15, 0.2) is 0 Å². The van der Waals surface area contributed by atoms with Crippen LogP contribution in [0.4, 0.5) is 29.2 Å². The molecule has 1 aromatic heterocycles.